The number of carboxylic acids is 1. The second-order valence-electron chi connectivity index (χ2n) is 4.34. The summed E-state index contributed by atoms with van der Waals surface area (Å²) in [5, 5.41) is 17.9. The zero-order valence-corrected chi connectivity index (χ0v) is 12.0. The molecule has 1 atom stereocenters. The van der Waals surface area contributed by atoms with Crippen molar-refractivity contribution in [2.24, 2.45) is 0 Å². The van der Waals surface area contributed by atoms with E-state index in [4.69, 9.17) is 5.11 Å². The standard InChI is InChI=1S/C11H18N4O3S/c1-6(2)8-13-9(15-14-8)10(16)12-7(11(17)18)4-5-19-3/h6-7H,4-5H2,1-3H3,(H,12,16)(H,17,18)(H,13,14,15). The Hall–Kier alpha value is -1.57. The zero-order valence-electron chi connectivity index (χ0n) is 11.1. The third-order valence-electron chi connectivity index (χ3n) is 2.47. The fourth-order valence-electron chi connectivity index (χ4n) is 1.35. The van der Waals surface area contributed by atoms with Gasteiger partial charge in [-0.2, -0.15) is 11.8 Å². The molecule has 7 nitrogen and oxygen atoms in total. The first-order valence-corrected chi connectivity index (χ1v) is 7.30. The van der Waals surface area contributed by atoms with Crippen molar-refractivity contribution in [3.05, 3.63) is 11.6 Å². The van der Waals surface area contributed by atoms with E-state index in [1.807, 2.05) is 20.1 Å². The molecule has 19 heavy (non-hydrogen) atoms. The van der Waals surface area contributed by atoms with Gasteiger partial charge in [0, 0.05) is 5.92 Å². The first-order valence-electron chi connectivity index (χ1n) is 5.90. The van der Waals surface area contributed by atoms with Gasteiger partial charge in [-0.05, 0) is 18.4 Å². The summed E-state index contributed by atoms with van der Waals surface area (Å²) in [5.41, 5.74) is 0. The summed E-state index contributed by atoms with van der Waals surface area (Å²) < 4.78 is 0. The van der Waals surface area contributed by atoms with E-state index in [0.29, 0.717) is 18.0 Å². The number of amides is 1. The van der Waals surface area contributed by atoms with Crippen LogP contribution in [0.3, 0.4) is 0 Å². The number of H-pyrrole nitrogens is 1. The van der Waals surface area contributed by atoms with E-state index in [2.05, 4.69) is 20.5 Å². The number of nitrogens with one attached hydrogen (secondary N) is 2. The van der Waals surface area contributed by atoms with E-state index >= 15 is 0 Å². The highest BCUT2D eigenvalue weighted by Crippen LogP contribution is 2.08. The van der Waals surface area contributed by atoms with Crippen LogP contribution in [0.5, 0.6) is 0 Å². The lowest BCUT2D eigenvalue weighted by Gasteiger charge is -2.12. The summed E-state index contributed by atoms with van der Waals surface area (Å²) >= 11 is 1.53. The minimum atomic E-state index is -1.05. The van der Waals surface area contributed by atoms with Gasteiger partial charge in [-0.25, -0.2) is 9.78 Å². The molecule has 1 aromatic heterocycles. The van der Waals surface area contributed by atoms with Crippen LogP contribution in [0.1, 0.15) is 42.6 Å². The SMILES string of the molecule is CSCCC(NC(=O)c1n[nH]c(C(C)C)n1)C(=O)O. The smallest absolute Gasteiger partial charge is 0.326 e. The fraction of sp³-hybridized carbons (Fsp3) is 0.636. The van der Waals surface area contributed by atoms with E-state index in [0.717, 1.165) is 0 Å². The summed E-state index contributed by atoms with van der Waals surface area (Å²) in [6, 6.07) is -0.916. The molecule has 1 aromatic rings. The average Bonchev–Trinajstić information content (AvgIpc) is 2.83. The Balaban J connectivity index is 2.67. The Morgan fingerprint density at radius 1 is 1.47 bits per heavy atom. The minimum absolute atomic E-state index is 0.0286. The number of hydrogen-bond acceptors (Lipinski definition) is 5. The molecule has 8 heteroatoms. The van der Waals surface area contributed by atoms with Gasteiger partial charge in [-0.1, -0.05) is 13.8 Å². The first-order chi connectivity index (χ1) is 8.95. The third kappa shape index (κ3) is 4.55. The highest BCUT2D eigenvalue weighted by atomic mass is 32.2. The lowest BCUT2D eigenvalue weighted by molar-refractivity contribution is -0.139. The lowest BCUT2D eigenvalue weighted by Crippen LogP contribution is -2.41. The van der Waals surface area contributed by atoms with E-state index < -0.39 is 17.9 Å². The Kier molecular flexibility index (Phi) is 5.81. The Morgan fingerprint density at radius 3 is 2.63 bits per heavy atom. The number of rotatable bonds is 7. The number of aromatic amines is 1. The number of aliphatic carboxylic acids is 1. The lowest BCUT2D eigenvalue weighted by atomic mass is 10.2. The van der Waals surface area contributed by atoms with Crippen LogP contribution in [-0.4, -0.2) is 50.2 Å². The van der Waals surface area contributed by atoms with Crippen LogP contribution in [0.25, 0.3) is 0 Å². The topological polar surface area (TPSA) is 108 Å². The molecule has 3 N–H and O–H groups in total. The van der Waals surface area contributed by atoms with Crippen molar-refractivity contribution in [3.63, 3.8) is 0 Å². The van der Waals surface area contributed by atoms with Gasteiger partial charge in [-0.3, -0.25) is 9.89 Å². The summed E-state index contributed by atoms with van der Waals surface area (Å²) in [4.78, 5) is 26.9. The van der Waals surface area contributed by atoms with Crippen LogP contribution in [-0.2, 0) is 4.79 Å². The maximum atomic E-state index is 11.8. The molecule has 0 aliphatic carbocycles. The molecule has 0 aliphatic heterocycles. The van der Waals surface area contributed by atoms with Crippen LogP contribution in [0.4, 0.5) is 0 Å². The van der Waals surface area contributed by atoms with Crippen molar-refractivity contribution in [2.75, 3.05) is 12.0 Å². The number of nitrogens with zero attached hydrogens (tertiary/aromatic N) is 2. The van der Waals surface area contributed by atoms with Crippen molar-refractivity contribution < 1.29 is 14.7 Å². The van der Waals surface area contributed by atoms with Crippen molar-refractivity contribution in [2.45, 2.75) is 32.2 Å². The molecule has 0 aliphatic rings. The molecule has 0 spiro atoms. The van der Waals surface area contributed by atoms with Gasteiger partial charge in [0.15, 0.2) is 0 Å². The molecule has 106 valence electrons. The molecule has 0 radical (unpaired) electrons. The van der Waals surface area contributed by atoms with Crippen LogP contribution >= 0.6 is 11.8 Å². The monoisotopic (exact) mass is 286 g/mol. The summed E-state index contributed by atoms with van der Waals surface area (Å²) in [7, 11) is 0. The van der Waals surface area contributed by atoms with Crippen molar-refractivity contribution >= 4 is 23.6 Å². The molecule has 0 fully saturated rings. The zero-order chi connectivity index (χ0) is 14.4. The first kappa shape index (κ1) is 15.5. The minimum Gasteiger partial charge on any atom is -0.480 e. The predicted octanol–water partition coefficient (Wildman–Crippen LogP) is 0.864. The third-order valence-corrected chi connectivity index (χ3v) is 3.11. The molecule has 1 rings (SSSR count). The number of carbonyl (C=O) groups is 2. The van der Waals surface area contributed by atoms with Gasteiger partial charge in [0.05, 0.1) is 0 Å². The van der Waals surface area contributed by atoms with Gasteiger partial charge in [0.2, 0.25) is 5.82 Å². The Bertz CT molecular complexity index is 447. The number of thioether (sulfide) groups is 1. The van der Waals surface area contributed by atoms with Crippen LogP contribution in [0, 0.1) is 0 Å². The molecule has 1 unspecified atom stereocenters. The van der Waals surface area contributed by atoms with Gasteiger partial charge >= 0.3 is 5.97 Å². The highest BCUT2D eigenvalue weighted by Gasteiger charge is 2.22. The van der Waals surface area contributed by atoms with Gasteiger partial charge < -0.3 is 10.4 Å². The Labute approximate surface area is 115 Å². The van der Waals surface area contributed by atoms with Crippen LogP contribution in [0.15, 0.2) is 0 Å². The van der Waals surface area contributed by atoms with Gasteiger partial charge in [-0.15, -0.1) is 5.10 Å². The molecule has 0 bridgehead atoms. The molecule has 1 heterocycles. The van der Waals surface area contributed by atoms with Gasteiger partial charge in [0.1, 0.15) is 11.9 Å². The van der Waals surface area contributed by atoms with E-state index in [-0.39, 0.29) is 11.7 Å². The number of carbonyl (C=O) groups excluding carboxylic acids is 1. The maximum absolute atomic E-state index is 11.8. The molecule has 0 aromatic carbocycles. The Morgan fingerprint density at radius 2 is 2.16 bits per heavy atom. The molecular formula is C11H18N4O3S. The summed E-state index contributed by atoms with van der Waals surface area (Å²) in [6.45, 7) is 3.83. The average molecular weight is 286 g/mol. The normalized spacial score (nSPS) is 12.4. The molecular weight excluding hydrogens is 268 g/mol. The number of carboxylic acid groups (broad SMARTS) is 1. The largest absolute Gasteiger partial charge is 0.480 e. The summed E-state index contributed by atoms with van der Waals surface area (Å²) in [5.74, 6) is -0.276. The fourth-order valence-corrected chi connectivity index (χ4v) is 1.82. The van der Waals surface area contributed by atoms with E-state index in [1.165, 1.54) is 11.8 Å². The van der Waals surface area contributed by atoms with Crippen molar-refractivity contribution in [3.8, 4) is 0 Å². The highest BCUT2D eigenvalue weighted by molar-refractivity contribution is 7.98. The summed E-state index contributed by atoms with van der Waals surface area (Å²) in [6.07, 6.45) is 2.24. The second kappa shape index (κ2) is 7.13. The predicted molar refractivity (Wildman–Crippen MR) is 72.4 cm³/mol. The van der Waals surface area contributed by atoms with Crippen LogP contribution < -0.4 is 5.32 Å². The molecule has 0 saturated heterocycles. The van der Waals surface area contributed by atoms with Crippen molar-refractivity contribution in [1.29, 1.82) is 0 Å². The quantitative estimate of drug-likeness (QED) is 0.686. The number of aromatic nitrogens is 3. The van der Waals surface area contributed by atoms with Crippen LogP contribution in [0.2, 0.25) is 0 Å². The van der Waals surface area contributed by atoms with E-state index in [1.54, 1.807) is 0 Å². The van der Waals surface area contributed by atoms with Gasteiger partial charge in [0.25, 0.3) is 5.91 Å². The maximum Gasteiger partial charge on any atom is 0.326 e. The molecule has 0 saturated carbocycles. The second-order valence-corrected chi connectivity index (χ2v) is 5.33. The van der Waals surface area contributed by atoms with Crippen molar-refractivity contribution in [1.82, 2.24) is 20.5 Å². The molecule has 1 amide bonds. The van der Waals surface area contributed by atoms with E-state index in [9.17, 15) is 9.59 Å². The number of hydrogen-bond donors (Lipinski definition) is 3.